The predicted molar refractivity (Wildman–Crippen MR) is 64.1 cm³/mol. The van der Waals surface area contributed by atoms with Gasteiger partial charge in [0.25, 0.3) is 0 Å². The quantitative estimate of drug-likeness (QED) is 0.777. The molecule has 0 bridgehead atoms. The van der Waals surface area contributed by atoms with Gasteiger partial charge in [-0.15, -0.1) is 0 Å². The molecule has 4 heteroatoms. The van der Waals surface area contributed by atoms with Crippen LogP contribution in [-0.4, -0.2) is 29.3 Å². The molecule has 1 aromatic carbocycles. The topological polar surface area (TPSA) is 63.4 Å². The van der Waals surface area contributed by atoms with E-state index < -0.39 is 0 Å². The number of rotatable bonds is 4. The highest BCUT2D eigenvalue weighted by Crippen LogP contribution is 2.12. The standard InChI is InChI=1S/C13H16N2O2/c14-11(8-10-4-2-1-3-5-10)9-15-12(16)6-7-13(15)17/h1-5,11H,6-9,14H2/t11-/m0/s1. The maximum atomic E-state index is 11.4. The van der Waals surface area contributed by atoms with Gasteiger partial charge in [-0.3, -0.25) is 14.5 Å². The molecule has 0 unspecified atom stereocenters. The van der Waals surface area contributed by atoms with Crippen LogP contribution in [-0.2, 0) is 16.0 Å². The van der Waals surface area contributed by atoms with Gasteiger partial charge in [-0.1, -0.05) is 30.3 Å². The molecule has 1 saturated heterocycles. The van der Waals surface area contributed by atoms with Crippen LogP contribution in [0.2, 0.25) is 0 Å². The molecule has 2 amide bonds. The molecule has 1 aliphatic rings. The SMILES string of the molecule is N[C@@H](Cc1ccccc1)CN1C(=O)CCC1=O. The normalized spacial score (nSPS) is 17.6. The molecule has 0 spiro atoms. The third-order valence-corrected chi connectivity index (χ3v) is 2.91. The summed E-state index contributed by atoms with van der Waals surface area (Å²) in [7, 11) is 0. The van der Waals surface area contributed by atoms with Crippen molar-refractivity contribution in [3.05, 3.63) is 35.9 Å². The van der Waals surface area contributed by atoms with E-state index in [9.17, 15) is 9.59 Å². The summed E-state index contributed by atoms with van der Waals surface area (Å²) in [6, 6.07) is 9.65. The molecule has 1 atom stereocenters. The van der Waals surface area contributed by atoms with Gasteiger partial charge in [0.2, 0.25) is 11.8 Å². The fourth-order valence-corrected chi connectivity index (χ4v) is 2.04. The summed E-state index contributed by atoms with van der Waals surface area (Å²) in [5.74, 6) is -0.197. The second-order valence-corrected chi connectivity index (χ2v) is 4.35. The molecule has 0 aromatic heterocycles. The molecule has 1 aromatic rings. The minimum atomic E-state index is -0.191. The second kappa shape index (κ2) is 5.10. The van der Waals surface area contributed by atoms with Crippen molar-refractivity contribution in [2.24, 2.45) is 5.73 Å². The van der Waals surface area contributed by atoms with Crippen LogP contribution in [0.1, 0.15) is 18.4 Å². The van der Waals surface area contributed by atoms with Crippen LogP contribution in [0, 0.1) is 0 Å². The number of hydrogen-bond acceptors (Lipinski definition) is 3. The van der Waals surface area contributed by atoms with Crippen LogP contribution in [0.25, 0.3) is 0 Å². The smallest absolute Gasteiger partial charge is 0.229 e. The van der Waals surface area contributed by atoms with E-state index in [0.29, 0.717) is 25.8 Å². The number of benzene rings is 1. The Hall–Kier alpha value is -1.68. The molecule has 1 fully saturated rings. The van der Waals surface area contributed by atoms with Crippen LogP contribution < -0.4 is 5.73 Å². The summed E-state index contributed by atoms with van der Waals surface area (Å²) in [4.78, 5) is 24.1. The van der Waals surface area contributed by atoms with E-state index in [2.05, 4.69) is 0 Å². The summed E-state index contributed by atoms with van der Waals surface area (Å²) in [6.07, 6.45) is 1.34. The first-order chi connectivity index (χ1) is 8.16. The molecule has 0 radical (unpaired) electrons. The van der Waals surface area contributed by atoms with E-state index in [4.69, 9.17) is 5.73 Å². The van der Waals surface area contributed by atoms with Crippen LogP contribution >= 0.6 is 0 Å². The molecule has 2 N–H and O–H groups in total. The third kappa shape index (κ3) is 2.91. The van der Waals surface area contributed by atoms with Crippen molar-refractivity contribution in [1.82, 2.24) is 4.90 Å². The van der Waals surface area contributed by atoms with E-state index >= 15 is 0 Å². The van der Waals surface area contributed by atoms with E-state index in [1.807, 2.05) is 30.3 Å². The van der Waals surface area contributed by atoms with Crippen molar-refractivity contribution in [3.63, 3.8) is 0 Å². The lowest BCUT2D eigenvalue weighted by Gasteiger charge is -2.19. The summed E-state index contributed by atoms with van der Waals surface area (Å²) in [6.45, 7) is 0.326. The molecule has 1 aliphatic heterocycles. The van der Waals surface area contributed by atoms with Crippen LogP contribution in [0.15, 0.2) is 30.3 Å². The van der Waals surface area contributed by atoms with Gasteiger partial charge in [-0.05, 0) is 12.0 Å². The third-order valence-electron chi connectivity index (χ3n) is 2.91. The maximum absolute atomic E-state index is 11.4. The van der Waals surface area contributed by atoms with Gasteiger partial charge in [0, 0.05) is 25.4 Å². The number of carbonyl (C=O) groups excluding carboxylic acids is 2. The lowest BCUT2D eigenvalue weighted by molar-refractivity contribution is -0.138. The Kier molecular flexibility index (Phi) is 3.54. The highest BCUT2D eigenvalue weighted by Gasteiger charge is 2.29. The molecular weight excluding hydrogens is 216 g/mol. The Bertz CT molecular complexity index is 401. The Morgan fingerprint density at radius 2 is 1.71 bits per heavy atom. The van der Waals surface area contributed by atoms with Crippen molar-refractivity contribution < 1.29 is 9.59 Å². The number of likely N-dealkylation sites (tertiary alicyclic amines) is 1. The summed E-state index contributed by atoms with van der Waals surface area (Å²) in [5, 5.41) is 0. The average molecular weight is 232 g/mol. The predicted octanol–water partition coefficient (Wildman–Crippen LogP) is 0.705. The van der Waals surface area contributed by atoms with E-state index in [1.165, 1.54) is 4.90 Å². The zero-order chi connectivity index (χ0) is 12.3. The molecule has 0 saturated carbocycles. The lowest BCUT2D eigenvalue weighted by atomic mass is 10.1. The first kappa shape index (κ1) is 11.8. The molecule has 0 aliphatic carbocycles. The summed E-state index contributed by atoms with van der Waals surface area (Å²) in [5.41, 5.74) is 7.09. The van der Waals surface area contributed by atoms with Gasteiger partial charge >= 0.3 is 0 Å². The zero-order valence-corrected chi connectivity index (χ0v) is 9.63. The Morgan fingerprint density at radius 3 is 2.29 bits per heavy atom. The highest BCUT2D eigenvalue weighted by atomic mass is 16.2. The van der Waals surface area contributed by atoms with Crippen LogP contribution in [0.5, 0.6) is 0 Å². The Labute approximate surface area is 100 Å². The summed E-state index contributed by atoms with van der Waals surface area (Å²) >= 11 is 0. The first-order valence-corrected chi connectivity index (χ1v) is 5.79. The molecule has 4 nitrogen and oxygen atoms in total. The average Bonchev–Trinajstić information content (AvgIpc) is 2.62. The maximum Gasteiger partial charge on any atom is 0.229 e. The monoisotopic (exact) mass is 232 g/mol. The number of imide groups is 1. The molecular formula is C13H16N2O2. The van der Waals surface area contributed by atoms with Gasteiger partial charge in [0.1, 0.15) is 0 Å². The molecule has 17 heavy (non-hydrogen) atoms. The first-order valence-electron chi connectivity index (χ1n) is 5.79. The fourth-order valence-electron chi connectivity index (χ4n) is 2.04. The van der Waals surface area contributed by atoms with Crippen molar-refractivity contribution in [2.45, 2.75) is 25.3 Å². The van der Waals surface area contributed by atoms with Gasteiger partial charge in [0.05, 0.1) is 0 Å². The Balaban J connectivity index is 1.91. The van der Waals surface area contributed by atoms with Crippen molar-refractivity contribution in [1.29, 1.82) is 0 Å². The van der Waals surface area contributed by atoms with Crippen LogP contribution in [0.3, 0.4) is 0 Å². The van der Waals surface area contributed by atoms with Gasteiger partial charge in [-0.2, -0.15) is 0 Å². The van der Waals surface area contributed by atoms with Gasteiger partial charge < -0.3 is 5.73 Å². The number of amides is 2. The van der Waals surface area contributed by atoms with Crippen molar-refractivity contribution >= 4 is 11.8 Å². The lowest BCUT2D eigenvalue weighted by Crippen LogP contribution is -2.41. The minimum Gasteiger partial charge on any atom is -0.326 e. The highest BCUT2D eigenvalue weighted by molar-refractivity contribution is 6.01. The minimum absolute atomic E-state index is 0.0986. The zero-order valence-electron chi connectivity index (χ0n) is 9.63. The van der Waals surface area contributed by atoms with Gasteiger partial charge in [-0.25, -0.2) is 0 Å². The van der Waals surface area contributed by atoms with Crippen LogP contribution in [0.4, 0.5) is 0 Å². The molecule has 1 heterocycles. The Morgan fingerprint density at radius 1 is 1.12 bits per heavy atom. The van der Waals surface area contributed by atoms with E-state index in [0.717, 1.165) is 5.56 Å². The van der Waals surface area contributed by atoms with Crippen molar-refractivity contribution in [3.8, 4) is 0 Å². The van der Waals surface area contributed by atoms with E-state index in [1.54, 1.807) is 0 Å². The molecule has 2 rings (SSSR count). The number of carbonyl (C=O) groups is 2. The number of hydrogen-bond donors (Lipinski definition) is 1. The summed E-state index contributed by atoms with van der Waals surface area (Å²) < 4.78 is 0. The number of nitrogens with two attached hydrogens (primary N) is 1. The second-order valence-electron chi connectivity index (χ2n) is 4.35. The fraction of sp³-hybridized carbons (Fsp3) is 0.385. The largest absolute Gasteiger partial charge is 0.326 e. The van der Waals surface area contributed by atoms with Crippen molar-refractivity contribution in [2.75, 3.05) is 6.54 Å². The number of nitrogens with zero attached hydrogens (tertiary/aromatic N) is 1. The van der Waals surface area contributed by atoms with E-state index in [-0.39, 0.29) is 17.9 Å². The molecule has 90 valence electrons. The van der Waals surface area contributed by atoms with Gasteiger partial charge in [0.15, 0.2) is 0 Å².